The van der Waals surface area contributed by atoms with Crippen LogP contribution in [0.25, 0.3) is 0 Å². The van der Waals surface area contributed by atoms with Crippen LogP contribution in [0.4, 0.5) is 5.69 Å². The van der Waals surface area contributed by atoms with Gasteiger partial charge >= 0.3 is 0 Å². The Balaban J connectivity index is 1.67. The summed E-state index contributed by atoms with van der Waals surface area (Å²) in [6.45, 7) is 1.53. The van der Waals surface area contributed by atoms with Crippen LogP contribution in [-0.2, 0) is 10.2 Å². The summed E-state index contributed by atoms with van der Waals surface area (Å²) in [5.41, 5.74) is 3.19. The molecule has 2 bridgehead atoms. The second-order valence-electron chi connectivity index (χ2n) is 8.27. The van der Waals surface area contributed by atoms with Crippen molar-refractivity contribution >= 4 is 11.6 Å². The largest absolute Gasteiger partial charge is 0.392 e. The first-order valence-electron chi connectivity index (χ1n) is 9.50. The van der Waals surface area contributed by atoms with Gasteiger partial charge in [0.1, 0.15) is 5.72 Å². The first-order valence-corrected chi connectivity index (χ1v) is 9.50. The predicted molar refractivity (Wildman–Crippen MR) is 96.5 cm³/mol. The van der Waals surface area contributed by atoms with E-state index in [1.54, 1.807) is 0 Å². The van der Waals surface area contributed by atoms with Gasteiger partial charge in [-0.2, -0.15) is 0 Å². The highest BCUT2D eigenvalue weighted by molar-refractivity contribution is 6.01. The second kappa shape index (κ2) is 4.66. The number of carbonyl (C=O) groups is 1. The van der Waals surface area contributed by atoms with Gasteiger partial charge in [0.15, 0.2) is 0 Å². The second-order valence-corrected chi connectivity index (χ2v) is 8.27. The lowest BCUT2D eigenvalue weighted by molar-refractivity contribution is -0.159. The third-order valence-corrected chi connectivity index (χ3v) is 7.55. The maximum absolute atomic E-state index is 12.9. The number of hydrogen-bond donors (Lipinski definition) is 2. The van der Waals surface area contributed by atoms with Crippen LogP contribution in [0.3, 0.4) is 0 Å². The number of piperidine rings is 1. The molecule has 4 heterocycles. The highest BCUT2D eigenvalue weighted by Crippen LogP contribution is 2.67. The van der Waals surface area contributed by atoms with Crippen molar-refractivity contribution in [2.24, 2.45) is 5.92 Å². The lowest BCUT2D eigenvalue weighted by Crippen LogP contribution is -2.70. The van der Waals surface area contributed by atoms with Crippen LogP contribution in [0.5, 0.6) is 0 Å². The first-order chi connectivity index (χ1) is 12.6. The van der Waals surface area contributed by atoms with Crippen molar-refractivity contribution in [2.75, 3.05) is 24.6 Å². The highest BCUT2D eigenvalue weighted by atomic mass is 16.3. The Bertz CT molecular complexity index is 906. The van der Waals surface area contributed by atoms with Crippen molar-refractivity contribution < 1.29 is 15.0 Å². The number of carbonyl (C=O) groups excluding carboxylic acids is 1. The molecule has 4 atom stereocenters. The van der Waals surface area contributed by atoms with Crippen molar-refractivity contribution in [3.05, 3.63) is 53.1 Å². The third kappa shape index (κ3) is 1.42. The van der Waals surface area contributed by atoms with Crippen molar-refractivity contribution in [3.63, 3.8) is 0 Å². The Morgan fingerprint density at radius 2 is 2.15 bits per heavy atom. The van der Waals surface area contributed by atoms with E-state index in [1.165, 1.54) is 11.1 Å². The molecule has 0 aromatic heterocycles. The van der Waals surface area contributed by atoms with E-state index in [2.05, 4.69) is 17.0 Å². The average Bonchev–Trinajstić information content (AvgIpc) is 3.13. The zero-order valence-corrected chi connectivity index (χ0v) is 14.6. The van der Waals surface area contributed by atoms with Gasteiger partial charge in [-0.05, 0) is 23.6 Å². The van der Waals surface area contributed by atoms with Crippen LogP contribution in [0.1, 0.15) is 24.8 Å². The van der Waals surface area contributed by atoms with Crippen LogP contribution >= 0.6 is 0 Å². The third-order valence-electron chi connectivity index (χ3n) is 7.55. The van der Waals surface area contributed by atoms with Gasteiger partial charge in [-0.1, -0.05) is 35.9 Å². The van der Waals surface area contributed by atoms with Crippen LogP contribution in [0, 0.1) is 5.92 Å². The smallest absolute Gasteiger partial charge is 0.231 e. The zero-order chi connectivity index (χ0) is 17.7. The van der Waals surface area contributed by atoms with Gasteiger partial charge in [-0.3, -0.25) is 9.69 Å². The number of aliphatic hydroxyl groups excluding tert-OH is 1. The molecule has 5 aliphatic rings. The summed E-state index contributed by atoms with van der Waals surface area (Å²) in [5, 5.41) is 21.5. The highest BCUT2D eigenvalue weighted by Gasteiger charge is 2.74. The molecule has 1 aromatic carbocycles. The quantitative estimate of drug-likeness (QED) is 0.750. The van der Waals surface area contributed by atoms with Crippen LogP contribution in [0.2, 0.25) is 0 Å². The summed E-state index contributed by atoms with van der Waals surface area (Å²) in [7, 11) is 0. The normalized spacial score (nSPS) is 41.3. The summed E-state index contributed by atoms with van der Waals surface area (Å²) in [6.07, 6.45) is 5.93. The Morgan fingerprint density at radius 3 is 3.00 bits per heavy atom. The van der Waals surface area contributed by atoms with E-state index in [0.717, 1.165) is 24.2 Å². The molecule has 1 saturated carbocycles. The number of anilines is 1. The zero-order valence-electron chi connectivity index (χ0n) is 14.6. The Kier molecular flexibility index (Phi) is 2.71. The molecular weight excluding hydrogens is 328 g/mol. The minimum Gasteiger partial charge on any atom is -0.392 e. The van der Waals surface area contributed by atoms with E-state index in [9.17, 15) is 15.0 Å². The summed E-state index contributed by atoms with van der Waals surface area (Å²) in [4.78, 5) is 17.1. The van der Waals surface area contributed by atoms with Gasteiger partial charge in [0.25, 0.3) is 0 Å². The van der Waals surface area contributed by atoms with Crippen LogP contribution in [0.15, 0.2) is 47.6 Å². The van der Waals surface area contributed by atoms with Crippen LogP contribution in [-0.4, -0.2) is 52.5 Å². The molecular formula is C21H22N2O3. The van der Waals surface area contributed by atoms with Gasteiger partial charge in [0.05, 0.1) is 18.1 Å². The van der Waals surface area contributed by atoms with Crippen molar-refractivity contribution in [3.8, 4) is 0 Å². The Hall–Kier alpha value is -1.95. The molecule has 26 heavy (non-hydrogen) atoms. The molecule has 1 spiro atoms. The number of benzene rings is 1. The number of hydrogen-bond acceptors (Lipinski definition) is 4. The number of fused-ring (bicyclic) bond motifs is 4. The number of nitrogens with zero attached hydrogens (tertiary/aromatic N) is 2. The van der Waals surface area contributed by atoms with Gasteiger partial charge in [0, 0.05) is 37.5 Å². The molecule has 0 unspecified atom stereocenters. The van der Waals surface area contributed by atoms with Gasteiger partial charge < -0.3 is 15.1 Å². The molecule has 5 nitrogen and oxygen atoms in total. The Labute approximate surface area is 152 Å². The van der Waals surface area contributed by atoms with Crippen molar-refractivity contribution in [1.29, 1.82) is 0 Å². The van der Waals surface area contributed by atoms with Gasteiger partial charge in [-0.25, -0.2) is 0 Å². The van der Waals surface area contributed by atoms with E-state index in [0.29, 0.717) is 19.4 Å². The lowest BCUT2D eigenvalue weighted by Gasteiger charge is -2.59. The molecule has 5 heteroatoms. The maximum atomic E-state index is 12.9. The van der Waals surface area contributed by atoms with Gasteiger partial charge in [0.2, 0.25) is 5.91 Å². The van der Waals surface area contributed by atoms with E-state index in [-0.39, 0.29) is 24.5 Å². The molecule has 0 radical (unpaired) electrons. The molecule has 134 valence electrons. The van der Waals surface area contributed by atoms with Crippen LogP contribution < -0.4 is 4.90 Å². The number of aliphatic hydroxyl groups is 2. The monoisotopic (exact) mass is 350 g/mol. The summed E-state index contributed by atoms with van der Waals surface area (Å²) in [5.74, 6) is 0.238. The lowest BCUT2D eigenvalue weighted by atomic mass is 9.55. The molecule has 2 N–H and O–H groups in total. The minimum atomic E-state index is -0.936. The summed E-state index contributed by atoms with van der Waals surface area (Å²) in [6, 6.07) is 8.05. The fourth-order valence-corrected chi connectivity index (χ4v) is 6.64. The van der Waals surface area contributed by atoms with Crippen molar-refractivity contribution in [1.82, 2.24) is 4.90 Å². The SMILES string of the molecule is O=C1CC=C2[C@H]3C[C@]4(O)N(CC[C@@]45c4ccccc4N1[C@@H]25)CC3=CCO. The molecule has 6 rings (SSSR count). The number of para-hydroxylation sites is 1. The molecule has 1 aliphatic carbocycles. The van der Waals surface area contributed by atoms with E-state index in [4.69, 9.17) is 0 Å². The minimum absolute atomic E-state index is 0.0179. The van der Waals surface area contributed by atoms with Crippen molar-refractivity contribution in [2.45, 2.75) is 36.4 Å². The summed E-state index contributed by atoms with van der Waals surface area (Å²) >= 11 is 0. The summed E-state index contributed by atoms with van der Waals surface area (Å²) < 4.78 is 0. The topological polar surface area (TPSA) is 64.0 Å². The average molecular weight is 350 g/mol. The predicted octanol–water partition coefficient (Wildman–Crippen LogP) is 1.32. The Morgan fingerprint density at radius 1 is 1.31 bits per heavy atom. The fraction of sp³-hybridized carbons (Fsp3) is 0.476. The van der Waals surface area contributed by atoms with E-state index < -0.39 is 11.1 Å². The molecule has 3 fully saturated rings. The fourth-order valence-electron chi connectivity index (χ4n) is 6.64. The van der Waals surface area contributed by atoms with E-state index in [1.807, 2.05) is 29.2 Å². The molecule has 4 aliphatic heterocycles. The molecule has 1 amide bonds. The molecule has 2 saturated heterocycles. The standard InChI is InChI=1S/C21H22N2O3/c24-10-7-13-12-22-9-8-20-16-3-1-2-4-17(16)23-18(25)6-5-14(19(20)23)15(13)11-21(20,22)26/h1-5,7,15,19,24,26H,6,8-12H2/t15-,19-,20-,21+/m0/s1. The van der Waals surface area contributed by atoms with Gasteiger partial charge in [-0.15, -0.1) is 0 Å². The number of amides is 1. The number of rotatable bonds is 1. The first kappa shape index (κ1) is 15.1. The molecule has 1 aromatic rings. The maximum Gasteiger partial charge on any atom is 0.231 e. The van der Waals surface area contributed by atoms with E-state index >= 15 is 0 Å².